The summed E-state index contributed by atoms with van der Waals surface area (Å²) in [5, 5.41) is 3.38. The largest absolute Gasteiger partial charge is 0.296 e. The normalized spacial score (nSPS) is 11.2. The summed E-state index contributed by atoms with van der Waals surface area (Å²) in [7, 11) is 0. The fourth-order valence-electron chi connectivity index (χ4n) is 3.44. The molecule has 5 aromatic rings. The van der Waals surface area contributed by atoms with E-state index in [1.807, 2.05) is 54.6 Å². The smallest absolute Gasteiger partial charge is 0.275 e. The Labute approximate surface area is 175 Å². The second-order valence-corrected chi connectivity index (χ2v) is 7.95. The van der Waals surface area contributed by atoms with Crippen molar-refractivity contribution in [3.8, 4) is 0 Å². The molecule has 0 fully saturated rings. The van der Waals surface area contributed by atoms with Crippen molar-refractivity contribution in [2.75, 3.05) is 5.32 Å². The van der Waals surface area contributed by atoms with E-state index in [-0.39, 0.29) is 11.5 Å². The zero-order valence-corrected chi connectivity index (χ0v) is 16.9. The maximum absolute atomic E-state index is 13.2. The molecule has 0 saturated carbocycles. The van der Waals surface area contributed by atoms with E-state index in [0.717, 1.165) is 15.8 Å². The van der Waals surface area contributed by atoms with Crippen LogP contribution in [-0.2, 0) is 6.54 Å². The third-order valence-corrected chi connectivity index (χ3v) is 5.71. The average molecular weight is 415 g/mol. The molecule has 3 heterocycles. The Bertz CT molecular complexity index is 1420. The summed E-state index contributed by atoms with van der Waals surface area (Å²) in [5.74, 6) is -0.340. The minimum absolute atomic E-state index is 0.229. The van der Waals surface area contributed by atoms with Crippen LogP contribution in [-0.4, -0.2) is 25.1 Å². The summed E-state index contributed by atoms with van der Waals surface area (Å²) in [5.41, 5.74) is 2.95. The number of carbonyl (C=O) groups excluding carboxylic acids is 1. The van der Waals surface area contributed by atoms with Crippen LogP contribution in [0.5, 0.6) is 0 Å². The number of anilines is 1. The molecule has 0 radical (unpaired) electrons. The molecule has 0 saturated heterocycles. The van der Waals surface area contributed by atoms with Crippen molar-refractivity contribution in [3.05, 3.63) is 94.0 Å². The molecule has 148 valence electrons. The molecule has 0 aliphatic carbocycles. The first-order chi connectivity index (χ1) is 14.6. The lowest BCUT2D eigenvalue weighted by Gasteiger charge is -2.11. The van der Waals surface area contributed by atoms with Crippen molar-refractivity contribution in [2.45, 2.75) is 13.5 Å². The minimum atomic E-state index is -0.340. The molecule has 7 nitrogen and oxygen atoms in total. The molecule has 0 atom stereocenters. The van der Waals surface area contributed by atoms with Crippen LogP contribution in [0.2, 0.25) is 0 Å². The molecule has 3 aromatic heterocycles. The quantitative estimate of drug-likeness (QED) is 0.485. The number of thiazole rings is 1. The lowest BCUT2D eigenvalue weighted by atomic mass is 10.2. The van der Waals surface area contributed by atoms with Gasteiger partial charge in [-0.05, 0) is 24.6 Å². The number of nitrogens with zero attached hydrogens (tertiary/aromatic N) is 4. The molecule has 0 aliphatic heterocycles. The second-order valence-electron chi connectivity index (χ2n) is 6.92. The molecule has 5 rings (SSSR count). The van der Waals surface area contributed by atoms with Crippen LogP contribution in [0.25, 0.3) is 15.9 Å². The summed E-state index contributed by atoms with van der Waals surface area (Å²) in [4.78, 5) is 34.7. The molecule has 0 unspecified atom stereocenters. The third kappa shape index (κ3) is 3.27. The van der Waals surface area contributed by atoms with Gasteiger partial charge in [-0.25, -0.2) is 9.97 Å². The number of nitrogens with one attached hydrogen (secondary N) is 1. The number of benzene rings is 2. The second kappa shape index (κ2) is 7.23. The minimum Gasteiger partial charge on any atom is -0.296 e. The first kappa shape index (κ1) is 18.3. The van der Waals surface area contributed by atoms with E-state index in [2.05, 4.69) is 15.3 Å². The Morgan fingerprint density at radius 2 is 1.80 bits per heavy atom. The summed E-state index contributed by atoms with van der Waals surface area (Å²) in [6, 6.07) is 20.5. The van der Waals surface area contributed by atoms with E-state index < -0.39 is 0 Å². The van der Waals surface area contributed by atoms with Gasteiger partial charge in [0.15, 0.2) is 10.8 Å². The van der Waals surface area contributed by atoms with Gasteiger partial charge in [0.05, 0.1) is 16.8 Å². The Balaban J connectivity index is 1.59. The Kier molecular flexibility index (Phi) is 4.40. The zero-order valence-electron chi connectivity index (χ0n) is 16.1. The number of para-hydroxylation sites is 1. The number of hydrogen-bond acceptors (Lipinski definition) is 5. The van der Waals surface area contributed by atoms with Gasteiger partial charge in [-0.15, -0.1) is 0 Å². The van der Waals surface area contributed by atoms with E-state index in [0.29, 0.717) is 28.7 Å². The van der Waals surface area contributed by atoms with Crippen molar-refractivity contribution < 1.29 is 4.79 Å². The van der Waals surface area contributed by atoms with Gasteiger partial charge in [0.25, 0.3) is 11.5 Å². The number of carbonyl (C=O) groups is 1. The van der Waals surface area contributed by atoms with Gasteiger partial charge in [0.1, 0.15) is 5.69 Å². The van der Waals surface area contributed by atoms with E-state index >= 15 is 0 Å². The highest BCUT2D eigenvalue weighted by atomic mass is 32.1. The van der Waals surface area contributed by atoms with Gasteiger partial charge >= 0.3 is 0 Å². The molecule has 8 heteroatoms. The molecule has 2 aromatic carbocycles. The Hall–Kier alpha value is -3.78. The monoisotopic (exact) mass is 415 g/mol. The molecular formula is C22H17N5O2S. The summed E-state index contributed by atoms with van der Waals surface area (Å²) in [6.07, 6.45) is 0. The third-order valence-electron chi connectivity index (χ3n) is 4.76. The highest BCUT2D eigenvalue weighted by molar-refractivity contribution is 7.22. The molecule has 30 heavy (non-hydrogen) atoms. The SMILES string of the molecule is Cc1cc(=O)n2c(cc(C(=O)Nc3nc4ccccc4s3)n2Cc2ccccc2)n1. The van der Waals surface area contributed by atoms with Gasteiger partial charge in [0.2, 0.25) is 0 Å². The van der Waals surface area contributed by atoms with Crippen LogP contribution >= 0.6 is 11.3 Å². The summed E-state index contributed by atoms with van der Waals surface area (Å²) < 4.78 is 4.08. The number of amides is 1. The van der Waals surface area contributed by atoms with Gasteiger partial charge in [-0.3, -0.25) is 19.6 Å². The molecule has 0 spiro atoms. The fourth-order valence-corrected chi connectivity index (χ4v) is 4.30. The Morgan fingerprint density at radius 1 is 1.03 bits per heavy atom. The van der Waals surface area contributed by atoms with Gasteiger partial charge < -0.3 is 0 Å². The maximum Gasteiger partial charge on any atom is 0.275 e. The van der Waals surface area contributed by atoms with Crippen LogP contribution in [0, 0.1) is 6.92 Å². The van der Waals surface area contributed by atoms with E-state index in [1.165, 1.54) is 21.9 Å². The first-order valence-electron chi connectivity index (χ1n) is 9.39. The predicted molar refractivity (Wildman–Crippen MR) is 117 cm³/mol. The maximum atomic E-state index is 13.2. The predicted octanol–water partition coefficient (Wildman–Crippen LogP) is 3.71. The lowest BCUT2D eigenvalue weighted by Crippen LogP contribution is -2.25. The van der Waals surface area contributed by atoms with Crippen molar-refractivity contribution in [1.82, 2.24) is 19.2 Å². The molecular weight excluding hydrogens is 398 g/mol. The van der Waals surface area contributed by atoms with Crippen molar-refractivity contribution in [2.24, 2.45) is 0 Å². The van der Waals surface area contributed by atoms with Crippen molar-refractivity contribution >= 4 is 38.2 Å². The van der Waals surface area contributed by atoms with Gasteiger partial charge in [-0.2, -0.15) is 4.52 Å². The standard InChI is InChI=1S/C22H17N5O2S/c1-14-11-20(28)27-19(23-14)12-17(26(27)13-15-7-3-2-4-8-15)21(29)25-22-24-16-9-5-6-10-18(16)30-22/h2-12H,13H2,1H3,(H,24,25,29). The molecule has 0 aliphatic rings. The number of aromatic nitrogens is 4. The molecule has 1 amide bonds. The molecule has 0 bridgehead atoms. The van der Waals surface area contributed by atoms with Crippen molar-refractivity contribution in [1.29, 1.82) is 0 Å². The topological polar surface area (TPSA) is 81.3 Å². The Morgan fingerprint density at radius 3 is 2.60 bits per heavy atom. The van der Waals surface area contributed by atoms with Gasteiger partial charge in [0, 0.05) is 17.8 Å². The highest BCUT2D eigenvalue weighted by Gasteiger charge is 2.19. The molecule has 1 N–H and O–H groups in total. The number of hydrogen-bond donors (Lipinski definition) is 1. The number of aryl methyl sites for hydroxylation is 1. The average Bonchev–Trinajstić information content (AvgIpc) is 3.29. The zero-order chi connectivity index (χ0) is 20.7. The van der Waals surface area contributed by atoms with E-state index in [4.69, 9.17) is 0 Å². The van der Waals surface area contributed by atoms with Gasteiger partial charge in [-0.1, -0.05) is 53.8 Å². The fraction of sp³-hybridized carbons (Fsp3) is 0.0909. The van der Waals surface area contributed by atoms with Crippen LogP contribution in [0.4, 0.5) is 5.13 Å². The van der Waals surface area contributed by atoms with Crippen LogP contribution < -0.4 is 10.9 Å². The van der Waals surface area contributed by atoms with Crippen LogP contribution in [0.15, 0.2) is 71.5 Å². The summed E-state index contributed by atoms with van der Waals surface area (Å²) in [6.45, 7) is 2.12. The highest BCUT2D eigenvalue weighted by Crippen LogP contribution is 2.26. The van der Waals surface area contributed by atoms with Crippen LogP contribution in [0.1, 0.15) is 21.7 Å². The summed E-state index contributed by atoms with van der Waals surface area (Å²) >= 11 is 1.41. The van der Waals surface area contributed by atoms with Crippen molar-refractivity contribution in [3.63, 3.8) is 0 Å². The first-order valence-corrected chi connectivity index (χ1v) is 10.2. The van der Waals surface area contributed by atoms with Crippen LogP contribution in [0.3, 0.4) is 0 Å². The number of rotatable bonds is 4. The lowest BCUT2D eigenvalue weighted by molar-refractivity contribution is 0.101. The van der Waals surface area contributed by atoms with E-state index in [9.17, 15) is 9.59 Å². The van der Waals surface area contributed by atoms with E-state index in [1.54, 1.807) is 17.7 Å². The number of fused-ring (bicyclic) bond motifs is 2.